The molecule has 0 radical (unpaired) electrons. The first-order valence-corrected chi connectivity index (χ1v) is 14.9. The van der Waals surface area contributed by atoms with Gasteiger partial charge in [0.25, 0.3) is 0 Å². The Labute approximate surface area is 254 Å². The maximum Gasteiger partial charge on any atom is 0.417 e. The molecular weight excluding hydrogens is 603 g/mol. The molecule has 1 amide bonds. The summed E-state index contributed by atoms with van der Waals surface area (Å²) in [4.78, 5) is 26.2. The number of aliphatic hydroxyl groups excluding tert-OH is 1. The van der Waals surface area contributed by atoms with Crippen LogP contribution in [0.2, 0.25) is 0 Å². The topological polar surface area (TPSA) is 77.2 Å². The molecular formula is C30H29F5N6O2S. The Balaban J connectivity index is 1.57. The molecule has 4 heterocycles. The minimum atomic E-state index is -4.92. The molecule has 0 spiro atoms. The molecule has 0 saturated carbocycles. The highest BCUT2D eigenvalue weighted by Crippen LogP contribution is 2.52. The Hall–Kier alpha value is -3.91. The average molecular weight is 633 g/mol. The highest BCUT2D eigenvalue weighted by Gasteiger charge is 2.44. The zero-order valence-electron chi connectivity index (χ0n) is 23.8. The number of alkyl halides is 3. The predicted molar refractivity (Wildman–Crippen MR) is 156 cm³/mol. The van der Waals surface area contributed by atoms with Crippen molar-refractivity contribution < 1.29 is 31.9 Å². The fraction of sp³-hybridized carbons (Fsp3) is 0.367. The van der Waals surface area contributed by atoms with E-state index in [0.717, 1.165) is 30.0 Å². The number of aliphatic hydroxyl groups is 1. The van der Waals surface area contributed by atoms with E-state index in [4.69, 9.17) is 0 Å². The second kappa shape index (κ2) is 11.2. The monoisotopic (exact) mass is 632 g/mol. The summed E-state index contributed by atoms with van der Waals surface area (Å²) < 4.78 is 75.7. The Morgan fingerprint density at radius 2 is 1.84 bits per heavy atom. The molecule has 232 valence electrons. The van der Waals surface area contributed by atoms with Crippen LogP contribution in [0.25, 0.3) is 11.1 Å². The van der Waals surface area contributed by atoms with Crippen LogP contribution in [0, 0.1) is 11.6 Å². The summed E-state index contributed by atoms with van der Waals surface area (Å²) in [7, 11) is 0. The number of aliphatic imine (C=N–C) groups is 1. The molecule has 1 saturated heterocycles. The molecule has 0 aliphatic carbocycles. The predicted octanol–water partition coefficient (Wildman–Crippen LogP) is 5.14. The molecule has 3 aromatic rings. The van der Waals surface area contributed by atoms with E-state index >= 15 is 4.39 Å². The number of amides is 1. The molecule has 0 bridgehead atoms. The summed E-state index contributed by atoms with van der Waals surface area (Å²) in [5.74, 6) is -1.89. The Bertz CT molecular complexity index is 1630. The quantitative estimate of drug-likeness (QED) is 0.318. The first-order valence-electron chi connectivity index (χ1n) is 14.0. The van der Waals surface area contributed by atoms with Gasteiger partial charge in [0, 0.05) is 77.5 Å². The standard InChI is InChI=1S/C30H29F5N6O2S/c1-4-24(42)41-16(2)11-39(12-17(41)3)28-21-10-22(30(33,34)35)25(20-6-5-18(31)9-23(20)32)27-26(21)40(29(43)37-28)13-19(14-44-27)38-8-7-36-15-38/h4-10,15-17,19,29,43H,1,11-14H2,2-3H3/t16-,17+,19?,29?. The summed E-state index contributed by atoms with van der Waals surface area (Å²) in [6, 6.07) is 2.43. The lowest BCUT2D eigenvalue weighted by Gasteiger charge is -2.47. The second-order valence-electron chi connectivity index (χ2n) is 11.1. The minimum absolute atomic E-state index is 0.107. The maximum atomic E-state index is 15.3. The van der Waals surface area contributed by atoms with Gasteiger partial charge in [0.1, 0.15) is 17.5 Å². The zero-order chi connectivity index (χ0) is 31.5. The number of hydrogen-bond acceptors (Lipinski definition) is 7. The van der Waals surface area contributed by atoms with Crippen molar-refractivity contribution >= 4 is 29.2 Å². The zero-order valence-corrected chi connectivity index (χ0v) is 24.6. The molecule has 1 N–H and O–H groups in total. The third-order valence-electron chi connectivity index (χ3n) is 8.23. The van der Waals surface area contributed by atoms with Gasteiger partial charge >= 0.3 is 6.18 Å². The van der Waals surface area contributed by atoms with Crippen molar-refractivity contribution in [1.82, 2.24) is 19.4 Å². The molecule has 2 unspecified atom stereocenters. The first kappa shape index (κ1) is 30.1. The fourth-order valence-electron chi connectivity index (χ4n) is 6.39. The van der Waals surface area contributed by atoms with Crippen molar-refractivity contribution in [3.63, 3.8) is 0 Å². The van der Waals surface area contributed by atoms with Gasteiger partial charge in [0.2, 0.25) is 12.3 Å². The van der Waals surface area contributed by atoms with Gasteiger partial charge in [0.15, 0.2) is 0 Å². The molecule has 8 nitrogen and oxygen atoms in total. The highest BCUT2D eigenvalue weighted by molar-refractivity contribution is 7.99. The molecule has 1 aromatic heterocycles. The molecule has 3 aliphatic rings. The van der Waals surface area contributed by atoms with Crippen molar-refractivity contribution in [2.45, 2.75) is 49.4 Å². The number of anilines is 1. The Morgan fingerprint density at radius 3 is 2.45 bits per heavy atom. The number of imidazole rings is 1. The van der Waals surface area contributed by atoms with Crippen LogP contribution >= 0.6 is 11.8 Å². The van der Waals surface area contributed by atoms with E-state index < -0.39 is 40.9 Å². The van der Waals surface area contributed by atoms with Crippen molar-refractivity contribution in [3.8, 4) is 11.1 Å². The number of benzene rings is 2. The normalized spacial score (nSPS) is 23.6. The van der Waals surface area contributed by atoms with E-state index in [9.17, 15) is 27.5 Å². The summed E-state index contributed by atoms with van der Waals surface area (Å²) >= 11 is 1.11. The molecule has 44 heavy (non-hydrogen) atoms. The van der Waals surface area contributed by atoms with Crippen molar-refractivity contribution in [2.24, 2.45) is 4.99 Å². The third-order valence-corrected chi connectivity index (χ3v) is 9.46. The van der Waals surface area contributed by atoms with Crippen LogP contribution in [-0.4, -0.2) is 80.0 Å². The van der Waals surface area contributed by atoms with Crippen LogP contribution in [0.1, 0.15) is 31.0 Å². The van der Waals surface area contributed by atoms with Gasteiger partial charge in [-0.1, -0.05) is 6.58 Å². The highest BCUT2D eigenvalue weighted by atomic mass is 32.2. The van der Waals surface area contributed by atoms with E-state index in [0.29, 0.717) is 6.07 Å². The Morgan fingerprint density at radius 1 is 1.11 bits per heavy atom. The van der Waals surface area contributed by atoms with Crippen LogP contribution < -0.4 is 4.90 Å². The smallest absolute Gasteiger partial charge is 0.355 e. The van der Waals surface area contributed by atoms with Crippen LogP contribution in [0.3, 0.4) is 0 Å². The van der Waals surface area contributed by atoms with Gasteiger partial charge in [-0.25, -0.2) is 18.8 Å². The number of aromatic nitrogens is 2. The number of amidine groups is 1. The minimum Gasteiger partial charge on any atom is -0.355 e. The van der Waals surface area contributed by atoms with E-state index in [1.54, 1.807) is 33.1 Å². The molecule has 3 aliphatic heterocycles. The van der Waals surface area contributed by atoms with Gasteiger partial charge in [0.05, 0.1) is 23.6 Å². The number of nitrogens with zero attached hydrogens (tertiary/aromatic N) is 6. The summed E-state index contributed by atoms with van der Waals surface area (Å²) in [6.45, 7) is 7.87. The van der Waals surface area contributed by atoms with Gasteiger partial charge in [-0.2, -0.15) is 13.2 Å². The van der Waals surface area contributed by atoms with Crippen molar-refractivity contribution in [2.75, 3.05) is 30.3 Å². The van der Waals surface area contributed by atoms with E-state index in [1.807, 2.05) is 13.8 Å². The lowest BCUT2D eigenvalue weighted by atomic mass is 9.92. The number of thioether (sulfide) groups is 1. The van der Waals surface area contributed by atoms with Gasteiger partial charge < -0.3 is 24.4 Å². The second-order valence-corrected chi connectivity index (χ2v) is 12.2. The van der Waals surface area contributed by atoms with Gasteiger partial charge in [-0.15, -0.1) is 11.8 Å². The first-order chi connectivity index (χ1) is 20.9. The maximum absolute atomic E-state index is 15.3. The number of piperazine rings is 1. The molecule has 6 rings (SSSR count). The van der Waals surface area contributed by atoms with Crippen molar-refractivity contribution in [3.05, 3.63) is 78.4 Å². The fourth-order valence-corrected chi connectivity index (χ4v) is 7.75. The van der Waals surface area contributed by atoms with E-state index in [-0.39, 0.29) is 71.4 Å². The SMILES string of the molecule is C=CC(=O)N1[C@H](C)CN(C2=NC(O)N3CC(n4ccnc4)CSc4c(-c5ccc(F)cc5F)c(C(F)(F)F)cc2c43)C[C@@H]1C. The van der Waals surface area contributed by atoms with Crippen molar-refractivity contribution in [1.29, 1.82) is 0 Å². The van der Waals surface area contributed by atoms with Crippen LogP contribution in [0.15, 0.2) is 65.5 Å². The van der Waals surface area contributed by atoms with E-state index in [2.05, 4.69) is 16.6 Å². The van der Waals surface area contributed by atoms with Gasteiger partial charge in [-0.05, 0) is 38.1 Å². The lowest BCUT2D eigenvalue weighted by Crippen LogP contribution is -2.60. The summed E-state index contributed by atoms with van der Waals surface area (Å²) in [6.07, 6.45) is -0.276. The number of halogens is 5. The Kier molecular flexibility index (Phi) is 7.68. The number of carbonyl (C=O) groups is 1. The third kappa shape index (κ3) is 5.13. The van der Waals surface area contributed by atoms with Gasteiger partial charge in [-0.3, -0.25) is 4.79 Å². The summed E-state index contributed by atoms with van der Waals surface area (Å²) in [5, 5.41) is 11.5. The molecule has 2 aromatic carbocycles. The lowest BCUT2D eigenvalue weighted by molar-refractivity contribution is -0.137. The van der Waals surface area contributed by atoms with Crippen LogP contribution in [0.5, 0.6) is 0 Å². The van der Waals surface area contributed by atoms with Crippen LogP contribution in [0.4, 0.5) is 27.6 Å². The summed E-state index contributed by atoms with van der Waals surface area (Å²) in [5.41, 5.74) is -1.51. The largest absolute Gasteiger partial charge is 0.417 e. The van der Waals surface area contributed by atoms with E-state index in [1.165, 1.54) is 11.0 Å². The number of carbonyl (C=O) groups excluding carboxylic acids is 1. The van der Waals surface area contributed by atoms with Crippen LogP contribution in [-0.2, 0) is 11.0 Å². The molecule has 4 atom stereocenters. The molecule has 1 fully saturated rings. The molecule has 14 heteroatoms. The number of rotatable bonds is 3. The number of hydrogen-bond donors (Lipinski definition) is 1. The average Bonchev–Trinajstić information content (AvgIpc) is 3.42.